The molecule has 1 heterocycles. The van der Waals surface area contributed by atoms with Crippen molar-refractivity contribution < 1.29 is 4.74 Å². The number of fused-ring (bicyclic) bond motifs is 1. The Morgan fingerprint density at radius 1 is 0.838 bits per heavy atom. The van der Waals surface area contributed by atoms with E-state index in [1.807, 2.05) is 50.5 Å². The number of nitrogens with one attached hydrogen (secondary N) is 2. The van der Waals surface area contributed by atoms with Crippen LogP contribution in [0.15, 0.2) is 78.9 Å². The van der Waals surface area contributed by atoms with Gasteiger partial charge in [0.05, 0.1) is 5.52 Å². The fourth-order valence-corrected chi connectivity index (χ4v) is 5.07. The average Bonchev–Trinajstić information content (AvgIpc) is 2.93. The van der Waals surface area contributed by atoms with E-state index in [9.17, 15) is 0 Å². The molecule has 5 rings (SSSR count). The average molecular weight is 496 g/mol. The van der Waals surface area contributed by atoms with Crippen molar-refractivity contribution >= 4 is 22.7 Å². The normalized spacial score (nSPS) is 17.5. The van der Waals surface area contributed by atoms with Gasteiger partial charge >= 0.3 is 0 Å². The van der Waals surface area contributed by atoms with Gasteiger partial charge in [-0.1, -0.05) is 54.6 Å². The molecule has 0 bridgehead atoms. The summed E-state index contributed by atoms with van der Waals surface area (Å²) < 4.78 is 5.99. The third-order valence-electron chi connectivity index (χ3n) is 7.10. The van der Waals surface area contributed by atoms with Crippen LogP contribution in [0.4, 0.5) is 11.8 Å². The third-order valence-corrected chi connectivity index (χ3v) is 7.10. The molecule has 6 nitrogen and oxygen atoms in total. The maximum Gasteiger partial charge on any atom is 0.225 e. The number of hydrogen-bond acceptors (Lipinski definition) is 6. The fraction of sp³-hybridized carbons (Fsp3) is 0.355. The van der Waals surface area contributed by atoms with Crippen molar-refractivity contribution in [2.45, 2.75) is 44.9 Å². The van der Waals surface area contributed by atoms with Crippen molar-refractivity contribution in [1.29, 1.82) is 0 Å². The molecule has 3 aromatic carbocycles. The summed E-state index contributed by atoms with van der Waals surface area (Å²) in [5.74, 6) is 3.31. The predicted molar refractivity (Wildman–Crippen MR) is 152 cm³/mol. The van der Waals surface area contributed by atoms with Gasteiger partial charge in [0.2, 0.25) is 5.95 Å². The van der Waals surface area contributed by atoms with E-state index in [2.05, 4.69) is 58.0 Å². The topological polar surface area (TPSA) is 62.3 Å². The number of para-hydroxylation sites is 1. The molecular formula is C31H37N5O. The van der Waals surface area contributed by atoms with Gasteiger partial charge in [-0.25, -0.2) is 4.98 Å². The van der Waals surface area contributed by atoms with Gasteiger partial charge < -0.3 is 20.3 Å². The Morgan fingerprint density at radius 2 is 1.59 bits per heavy atom. The van der Waals surface area contributed by atoms with Gasteiger partial charge in [0.15, 0.2) is 0 Å². The maximum atomic E-state index is 5.99. The fourth-order valence-electron chi connectivity index (χ4n) is 5.07. The molecule has 1 saturated carbocycles. The Hall–Kier alpha value is -3.64. The highest BCUT2D eigenvalue weighted by molar-refractivity contribution is 5.90. The minimum absolute atomic E-state index is 0.422. The van der Waals surface area contributed by atoms with Crippen molar-refractivity contribution in [3.63, 3.8) is 0 Å². The maximum absolute atomic E-state index is 5.99. The zero-order valence-corrected chi connectivity index (χ0v) is 21.9. The second kappa shape index (κ2) is 12.1. The molecule has 0 spiro atoms. The quantitative estimate of drug-likeness (QED) is 0.280. The highest BCUT2D eigenvalue weighted by atomic mass is 16.5. The van der Waals surface area contributed by atoms with Crippen LogP contribution in [-0.2, 0) is 13.2 Å². The lowest BCUT2D eigenvalue weighted by atomic mass is 9.86. The van der Waals surface area contributed by atoms with E-state index < -0.39 is 0 Å². The molecule has 0 atom stereocenters. The van der Waals surface area contributed by atoms with Crippen LogP contribution >= 0.6 is 0 Å². The lowest BCUT2D eigenvalue weighted by molar-refractivity contribution is 0.305. The van der Waals surface area contributed by atoms with Gasteiger partial charge in [0, 0.05) is 32.1 Å². The Balaban J connectivity index is 1.07. The molecule has 0 amide bonds. The van der Waals surface area contributed by atoms with E-state index in [-0.39, 0.29) is 0 Å². The largest absolute Gasteiger partial charge is 0.489 e. The molecule has 0 aliphatic heterocycles. The number of nitrogens with zero attached hydrogens (tertiary/aromatic N) is 3. The molecule has 1 aromatic heterocycles. The number of rotatable bonds is 10. The van der Waals surface area contributed by atoms with Crippen molar-refractivity contribution in [1.82, 2.24) is 15.3 Å². The van der Waals surface area contributed by atoms with Gasteiger partial charge in [-0.05, 0) is 73.5 Å². The summed E-state index contributed by atoms with van der Waals surface area (Å²) in [6.45, 7) is 2.49. The number of aromatic nitrogens is 2. The highest BCUT2D eigenvalue weighted by Gasteiger charge is 2.22. The van der Waals surface area contributed by atoms with Gasteiger partial charge in [0.25, 0.3) is 0 Å². The lowest BCUT2D eigenvalue weighted by Crippen LogP contribution is -2.31. The van der Waals surface area contributed by atoms with E-state index in [4.69, 9.17) is 14.7 Å². The van der Waals surface area contributed by atoms with E-state index in [0.29, 0.717) is 18.6 Å². The SMILES string of the molecule is CN(C)c1nc(N[C@H]2CC[C@@H](CNCc3cccc(OCc4ccccc4)c3)CC2)nc2ccccc12. The second-order valence-corrected chi connectivity index (χ2v) is 10.2. The molecule has 192 valence electrons. The second-order valence-electron chi connectivity index (χ2n) is 10.2. The van der Waals surface area contributed by atoms with Gasteiger partial charge in [-0.15, -0.1) is 0 Å². The van der Waals surface area contributed by atoms with E-state index in [0.717, 1.165) is 54.3 Å². The monoisotopic (exact) mass is 495 g/mol. The molecule has 0 radical (unpaired) electrons. The molecule has 6 heteroatoms. The van der Waals surface area contributed by atoms with Crippen LogP contribution in [0.3, 0.4) is 0 Å². The number of benzene rings is 3. The molecule has 1 fully saturated rings. The van der Waals surface area contributed by atoms with Crippen LogP contribution in [0.25, 0.3) is 10.9 Å². The molecule has 2 N–H and O–H groups in total. The third kappa shape index (κ3) is 6.77. The van der Waals surface area contributed by atoms with Crippen LogP contribution in [0.2, 0.25) is 0 Å². The molecule has 4 aromatic rings. The first-order valence-corrected chi connectivity index (χ1v) is 13.3. The first-order chi connectivity index (χ1) is 18.1. The van der Waals surface area contributed by atoms with Crippen LogP contribution in [0.1, 0.15) is 36.8 Å². The van der Waals surface area contributed by atoms with Gasteiger partial charge in [0.1, 0.15) is 18.2 Å². The Kier molecular flexibility index (Phi) is 8.16. The van der Waals surface area contributed by atoms with Crippen LogP contribution in [0.5, 0.6) is 5.75 Å². The summed E-state index contributed by atoms with van der Waals surface area (Å²) in [7, 11) is 4.07. The number of ether oxygens (including phenoxy) is 1. The Bertz CT molecular complexity index is 1290. The smallest absolute Gasteiger partial charge is 0.225 e. The van der Waals surface area contributed by atoms with Gasteiger partial charge in [-0.3, -0.25) is 0 Å². The Labute approximate surface area is 220 Å². The van der Waals surface area contributed by atoms with E-state index in [1.165, 1.54) is 24.0 Å². The molecule has 1 aliphatic rings. The van der Waals surface area contributed by atoms with Crippen LogP contribution in [-0.4, -0.2) is 36.6 Å². The minimum atomic E-state index is 0.422. The minimum Gasteiger partial charge on any atom is -0.489 e. The highest BCUT2D eigenvalue weighted by Crippen LogP contribution is 2.28. The summed E-state index contributed by atoms with van der Waals surface area (Å²) in [4.78, 5) is 11.7. The van der Waals surface area contributed by atoms with Crippen molar-refractivity contribution in [2.24, 2.45) is 5.92 Å². The van der Waals surface area contributed by atoms with E-state index >= 15 is 0 Å². The van der Waals surface area contributed by atoms with Gasteiger partial charge in [-0.2, -0.15) is 4.98 Å². The molecule has 37 heavy (non-hydrogen) atoms. The summed E-state index contributed by atoms with van der Waals surface area (Å²) in [5.41, 5.74) is 3.42. The van der Waals surface area contributed by atoms with Crippen molar-refractivity contribution in [3.05, 3.63) is 90.0 Å². The number of hydrogen-bond donors (Lipinski definition) is 2. The van der Waals surface area contributed by atoms with Crippen molar-refractivity contribution in [2.75, 3.05) is 30.9 Å². The van der Waals surface area contributed by atoms with Crippen LogP contribution < -0.4 is 20.3 Å². The Morgan fingerprint density at radius 3 is 2.41 bits per heavy atom. The zero-order valence-electron chi connectivity index (χ0n) is 21.9. The van der Waals surface area contributed by atoms with Crippen LogP contribution in [0, 0.1) is 5.92 Å². The molecule has 1 aliphatic carbocycles. The lowest BCUT2D eigenvalue weighted by Gasteiger charge is -2.29. The van der Waals surface area contributed by atoms with E-state index in [1.54, 1.807) is 0 Å². The first-order valence-electron chi connectivity index (χ1n) is 13.3. The summed E-state index contributed by atoms with van der Waals surface area (Å²) in [6.07, 6.45) is 4.70. The molecule has 0 unspecified atom stereocenters. The molecule has 0 saturated heterocycles. The zero-order chi connectivity index (χ0) is 25.5. The standard InChI is InChI=1S/C31H37N5O/c1-36(2)30-28-13-6-7-14-29(28)34-31(35-30)33-26-17-15-23(16-18-26)20-32-21-25-11-8-12-27(19-25)37-22-24-9-4-3-5-10-24/h3-14,19,23,26,32H,15-18,20-22H2,1-2H3,(H,33,34,35)/t23-,26+. The summed E-state index contributed by atoms with van der Waals surface area (Å²) >= 11 is 0. The number of anilines is 2. The first kappa shape index (κ1) is 25.0. The summed E-state index contributed by atoms with van der Waals surface area (Å²) in [5, 5.41) is 8.37. The molecular weight excluding hydrogens is 458 g/mol. The summed E-state index contributed by atoms with van der Waals surface area (Å²) in [6, 6.07) is 27.3. The predicted octanol–water partition coefficient (Wildman–Crippen LogP) is 6.04. The van der Waals surface area contributed by atoms with Crippen molar-refractivity contribution in [3.8, 4) is 5.75 Å².